The maximum absolute atomic E-state index is 13.9. The summed E-state index contributed by atoms with van der Waals surface area (Å²) in [4.78, 5) is 34.9. The Bertz CT molecular complexity index is 1760. The van der Waals surface area contributed by atoms with E-state index >= 15 is 0 Å². The number of carbonyl (C=O) groups is 2. The predicted molar refractivity (Wildman–Crippen MR) is 187 cm³/mol. The third-order valence-corrected chi connectivity index (χ3v) is 10.2. The third kappa shape index (κ3) is 7.80. The van der Waals surface area contributed by atoms with Crippen LogP contribution in [0.25, 0.3) is 0 Å². The molecular weight excluding hydrogens is 665 g/mol. The number of rotatable bonds is 12. The number of aromatic amines is 1. The molecule has 3 fully saturated rings. The lowest BCUT2D eigenvalue weighted by atomic mass is 9.86. The van der Waals surface area contributed by atoms with Crippen LogP contribution in [0.4, 0.5) is 5.69 Å². The number of piperidine rings is 3. The number of nitrogens with zero attached hydrogens (tertiary/aromatic N) is 2. The Morgan fingerprint density at radius 1 is 0.898 bits per heavy atom. The molecule has 0 amide bonds. The number of likely N-dealkylation sites (N-methyl/N-ethyl adjacent to an activating group) is 1. The number of fused-ring (bicyclic) bond motifs is 3. The molecule has 256 valence electrons. The van der Waals surface area contributed by atoms with Gasteiger partial charge in [0.05, 0.1) is 19.8 Å². The van der Waals surface area contributed by atoms with E-state index in [0.29, 0.717) is 49.8 Å². The highest BCUT2D eigenvalue weighted by Crippen LogP contribution is 2.37. The first-order chi connectivity index (χ1) is 23.7. The van der Waals surface area contributed by atoms with E-state index in [1.54, 1.807) is 56.9 Å². The molecule has 2 bridgehead atoms. The molecule has 49 heavy (non-hydrogen) atoms. The van der Waals surface area contributed by atoms with E-state index in [0.717, 1.165) is 38.0 Å². The van der Waals surface area contributed by atoms with E-state index in [4.69, 9.17) is 42.1 Å². The van der Waals surface area contributed by atoms with Gasteiger partial charge in [-0.3, -0.25) is 4.90 Å². The largest absolute Gasteiger partial charge is 0.493 e. The van der Waals surface area contributed by atoms with Gasteiger partial charge in [-0.1, -0.05) is 65.7 Å². The van der Waals surface area contributed by atoms with Gasteiger partial charge in [0.1, 0.15) is 22.3 Å². The van der Waals surface area contributed by atoms with Crippen LogP contribution in [-0.4, -0.2) is 63.8 Å². The monoisotopic (exact) mass is 704 g/mol. The fourth-order valence-corrected chi connectivity index (χ4v) is 7.28. The van der Waals surface area contributed by atoms with Crippen molar-refractivity contribution in [2.24, 2.45) is 5.92 Å². The van der Waals surface area contributed by atoms with Gasteiger partial charge in [-0.15, -0.1) is 0 Å². The van der Waals surface area contributed by atoms with Gasteiger partial charge in [-0.25, -0.2) is 14.6 Å². The number of halogens is 2. The minimum atomic E-state index is -0.778. The standard InChI is InChI=1S/C38H39Cl2N3O6/c1-42(36(25-8-5-4-6-9-25)38(45)49-35-23-43-16-14-24(35)15-17-43)28-11-7-10-27(18-28)37(44)48-33(20-29-30(39)21-41-22-31(29)40)26-12-13-32(46-2)34(19-26)47-3/h4-13,18-19,21-22,24,33,35-36H,14-17,20,23H2,1-3H3/p+1/t33?,35-,36?/m0/s1. The normalized spacial score (nSPS) is 19.4. The van der Waals surface area contributed by atoms with Crippen molar-refractivity contribution < 1.29 is 33.5 Å². The molecule has 0 saturated carbocycles. The van der Waals surface area contributed by atoms with Gasteiger partial charge in [0.25, 0.3) is 0 Å². The second kappa shape index (κ2) is 15.5. The highest BCUT2D eigenvalue weighted by molar-refractivity contribution is 6.35. The summed E-state index contributed by atoms with van der Waals surface area (Å²) < 4.78 is 23.4. The van der Waals surface area contributed by atoms with E-state index in [1.807, 2.05) is 54.4 Å². The van der Waals surface area contributed by atoms with Gasteiger partial charge in [-0.2, -0.15) is 0 Å². The summed E-state index contributed by atoms with van der Waals surface area (Å²) in [5.41, 5.74) is 3.05. The minimum absolute atomic E-state index is 0.131. The van der Waals surface area contributed by atoms with E-state index < -0.39 is 18.1 Å². The number of H-pyrrole nitrogens is 1. The van der Waals surface area contributed by atoms with Crippen molar-refractivity contribution >= 4 is 40.8 Å². The first-order valence-corrected chi connectivity index (χ1v) is 17.1. The number of aromatic nitrogens is 1. The number of pyridine rings is 1. The number of methoxy groups -OCH3 is 2. The second-order valence-electron chi connectivity index (χ2n) is 12.4. The summed E-state index contributed by atoms with van der Waals surface area (Å²) in [5.74, 6) is 0.530. The lowest BCUT2D eigenvalue weighted by molar-refractivity contribution is -0.377. The summed E-state index contributed by atoms with van der Waals surface area (Å²) in [7, 11) is 4.93. The fourth-order valence-electron chi connectivity index (χ4n) is 6.75. The highest BCUT2D eigenvalue weighted by Gasteiger charge is 2.39. The maximum Gasteiger partial charge on any atom is 0.338 e. The molecule has 0 spiro atoms. The molecule has 7 rings (SSSR count). The van der Waals surface area contributed by atoms with Gasteiger partial charge in [0.15, 0.2) is 29.9 Å². The van der Waals surface area contributed by atoms with Gasteiger partial charge < -0.3 is 23.8 Å². The Morgan fingerprint density at radius 3 is 2.27 bits per heavy atom. The quantitative estimate of drug-likeness (QED) is 0.149. The van der Waals surface area contributed by atoms with Crippen molar-refractivity contribution in [1.82, 2.24) is 4.90 Å². The van der Waals surface area contributed by atoms with Crippen LogP contribution >= 0.6 is 23.2 Å². The molecule has 9 nitrogen and oxygen atoms in total. The Kier molecular flexibility index (Phi) is 10.9. The molecule has 3 aliphatic heterocycles. The van der Waals surface area contributed by atoms with Gasteiger partial charge in [-0.05, 0) is 73.3 Å². The zero-order valence-electron chi connectivity index (χ0n) is 27.7. The summed E-state index contributed by atoms with van der Waals surface area (Å²) >= 11 is 13.0. The summed E-state index contributed by atoms with van der Waals surface area (Å²) in [6.07, 6.45) is 4.63. The molecule has 3 aliphatic rings. The van der Waals surface area contributed by atoms with E-state index in [2.05, 4.69) is 9.88 Å². The van der Waals surface area contributed by atoms with Crippen LogP contribution in [0.5, 0.6) is 11.5 Å². The van der Waals surface area contributed by atoms with Crippen molar-refractivity contribution in [2.75, 3.05) is 45.8 Å². The SMILES string of the molecule is COc1ccc(C(Cc2c(Cl)c[nH+]cc2Cl)OC(=O)c2cccc(N(C)C(C(=O)O[C@H]3CN4CCC3CC4)c3ccccc3)c2)cc1OC. The third-order valence-electron chi connectivity index (χ3n) is 9.49. The highest BCUT2D eigenvalue weighted by atomic mass is 35.5. The Balaban J connectivity index is 1.27. The molecule has 3 saturated heterocycles. The number of benzene rings is 3. The van der Waals surface area contributed by atoms with E-state index in [9.17, 15) is 9.59 Å². The van der Waals surface area contributed by atoms with Crippen molar-refractivity contribution in [1.29, 1.82) is 0 Å². The van der Waals surface area contributed by atoms with Gasteiger partial charge in [0, 0.05) is 31.3 Å². The van der Waals surface area contributed by atoms with Crippen LogP contribution in [-0.2, 0) is 20.7 Å². The number of anilines is 1. The molecule has 4 heterocycles. The van der Waals surface area contributed by atoms with Crippen LogP contribution in [0.15, 0.2) is 85.2 Å². The molecular formula is C38H40Cl2N3O6+. The molecule has 3 atom stereocenters. The summed E-state index contributed by atoms with van der Waals surface area (Å²) in [5, 5.41) is 0.824. The Labute approximate surface area is 296 Å². The molecule has 2 unspecified atom stereocenters. The second-order valence-corrected chi connectivity index (χ2v) is 13.2. The number of hydrogen-bond acceptors (Lipinski definition) is 8. The average Bonchev–Trinajstić information content (AvgIpc) is 3.13. The lowest BCUT2D eigenvalue weighted by Gasteiger charge is -2.44. The van der Waals surface area contributed by atoms with Crippen LogP contribution in [0.2, 0.25) is 10.0 Å². The predicted octanol–water partition coefficient (Wildman–Crippen LogP) is 6.78. The first kappa shape index (κ1) is 34.5. The molecule has 0 aliphatic carbocycles. The number of esters is 2. The fraction of sp³-hybridized carbons (Fsp3) is 0.342. The molecule has 1 N–H and O–H groups in total. The van der Waals surface area contributed by atoms with Crippen molar-refractivity contribution in [3.63, 3.8) is 0 Å². The minimum Gasteiger partial charge on any atom is -0.493 e. The van der Waals surface area contributed by atoms with Crippen molar-refractivity contribution in [3.8, 4) is 11.5 Å². The van der Waals surface area contributed by atoms with Crippen molar-refractivity contribution in [2.45, 2.75) is 37.5 Å². The van der Waals surface area contributed by atoms with Gasteiger partial charge in [0.2, 0.25) is 0 Å². The topological polar surface area (TPSA) is 91.7 Å². The van der Waals surface area contributed by atoms with Crippen LogP contribution in [0.3, 0.4) is 0 Å². The number of hydrogen-bond donors (Lipinski definition) is 0. The Morgan fingerprint density at radius 2 is 1.61 bits per heavy atom. The molecule has 4 aromatic rings. The maximum atomic E-state index is 13.9. The number of nitrogens with one attached hydrogen (secondary N) is 1. The lowest BCUT2D eigenvalue weighted by Crippen LogP contribution is -2.52. The zero-order valence-corrected chi connectivity index (χ0v) is 29.2. The van der Waals surface area contributed by atoms with Crippen LogP contribution in [0.1, 0.15) is 52.0 Å². The van der Waals surface area contributed by atoms with Crippen LogP contribution in [0, 0.1) is 5.92 Å². The first-order valence-electron chi connectivity index (χ1n) is 16.3. The number of ether oxygens (including phenoxy) is 4. The molecule has 11 heteroatoms. The zero-order chi connectivity index (χ0) is 34.5. The molecule has 0 radical (unpaired) electrons. The molecule has 3 aromatic carbocycles. The van der Waals surface area contributed by atoms with E-state index in [-0.39, 0.29) is 18.5 Å². The van der Waals surface area contributed by atoms with Gasteiger partial charge >= 0.3 is 11.9 Å². The number of carbonyl (C=O) groups excluding carboxylic acids is 2. The van der Waals surface area contributed by atoms with E-state index in [1.165, 1.54) is 0 Å². The summed E-state index contributed by atoms with van der Waals surface area (Å²) in [6.45, 7) is 2.88. The Hall–Kier alpha value is -4.31. The molecule has 1 aromatic heterocycles. The summed E-state index contributed by atoms with van der Waals surface area (Å²) in [6, 6.07) is 21.2. The smallest absolute Gasteiger partial charge is 0.338 e. The average molecular weight is 706 g/mol. The van der Waals surface area contributed by atoms with Crippen LogP contribution < -0.4 is 19.4 Å². The van der Waals surface area contributed by atoms with Crippen molar-refractivity contribution in [3.05, 3.63) is 117 Å².